The molecule has 0 spiro atoms. The number of primary amides is 1. The molecule has 16 heavy (non-hydrogen) atoms. The highest BCUT2D eigenvalue weighted by Crippen LogP contribution is 2.11. The van der Waals surface area contributed by atoms with Crippen molar-refractivity contribution in [1.82, 2.24) is 9.78 Å². The Balaban J connectivity index is 2.92. The topological polar surface area (TPSA) is 87.2 Å². The van der Waals surface area contributed by atoms with Crippen molar-refractivity contribution in [1.29, 1.82) is 0 Å². The second-order valence-corrected chi connectivity index (χ2v) is 3.14. The van der Waals surface area contributed by atoms with Crippen molar-refractivity contribution in [2.24, 2.45) is 12.8 Å². The summed E-state index contributed by atoms with van der Waals surface area (Å²) in [5.74, 6) is -0.904. The van der Waals surface area contributed by atoms with E-state index in [0.717, 1.165) is 0 Å². The van der Waals surface area contributed by atoms with Crippen molar-refractivity contribution in [2.75, 3.05) is 7.11 Å². The van der Waals surface area contributed by atoms with Crippen LogP contribution in [0.1, 0.15) is 22.5 Å². The van der Waals surface area contributed by atoms with Crippen LogP contribution in [0.3, 0.4) is 0 Å². The molecule has 2 N–H and O–H groups in total. The van der Waals surface area contributed by atoms with Crippen LogP contribution >= 0.6 is 0 Å². The molecule has 0 fully saturated rings. The van der Waals surface area contributed by atoms with E-state index in [2.05, 4.69) is 9.84 Å². The Morgan fingerprint density at radius 1 is 1.62 bits per heavy atom. The molecular formula is C10H13N3O3. The molecule has 6 heteroatoms. The van der Waals surface area contributed by atoms with Gasteiger partial charge in [0.1, 0.15) is 0 Å². The van der Waals surface area contributed by atoms with Gasteiger partial charge in [-0.2, -0.15) is 5.10 Å². The zero-order chi connectivity index (χ0) is 12.1. The lowest BCUT2D eigenvalue weighted by Gasteiger charge is -2.00. The fraction of sp³-hybridized carbons (Fsp3) is 0.300. The van der Waals surface area contributed by atoms with E-state index < -0.39 is 11.9 Å². The number of ether oxygens (including phenoxy) is 1. The first-order chi connectivity index (χ1) is 7.56. The van der Waals surface area contributed by atoms with Gasteiger partial charge in [-0.15, -0.1) is 0 Å². The van der Waals surface area contributed by atoms with E-state index in [0.29, 0.717) is 11.3 Å². The average molecular weight is 223 g/mol. The fourth-order valence-electron chi connectivity index (χ4n) is 1.23. The minimum Gasteiger partial charge on any atom is -0.464 e. The number of aryl methyl sites for hydroxylation is 1. The molecule has 0 bridgehead atoms. The Morgan fingerprint density at radius 3 is 2.88 bits per heavy atom. The number of nitrogens with two attached hydrogens (primary N) is 1. The number of amides is 1. The first-order valence-corrected chi connectivity index (χ1v) is 4.61. The molecular weight excluding hydrogens is 210 g/mol. The van der Waals surface area contributed by atoms with E-state index in [1.165, 1.54) is 18.0 Å². The highest BCUT2D eigenvalue weighted by Gasteiger charge is 2.15. The minimum absolute atomic E-state index is 0.121. The van der Waals surface area contributed by atoms with Crippen LogP contribution in [0.5, 0.6) is 0 Å². The average Bonchev–Trinajstić information content (AvgIpc) is 2.58. The van der Waals surface area contributed by atoms with Gasteiger partial charge in [0.05, 0.1) is 13.3 Å². The molecule has 1 amide bonds. The molecule has 1 aromatic heterocycles. The number of carbonyl (C=O) groups excluding carboxylic acids is 2. The molecule has 0 aliphatic rings. The lowest BCUT2D eigenvalue weighted by Crippen LogP contribution is -2.10. The highest BCUT2D eigenvalue weighted by molar-refractivity contribution is 5.91. The smallest absolute Gasteiger partial charge is 0.356 e. The van der Waals surface area contributed by atoms with E-state index in [9.17, 15) is 9.59 Å². The molecule has 86 valence electrons. The molecule has 1 rings (SSSR count). The van der Waals surface area contributed by atoms with Crippen LogP contribution in [-0.4, -0.2) is 28.8 Å². The van der Waals surface area contributed by atoms with Crippen LogP contribution in [0.2, 0.25) is 0 Å². The standard InChI is InChI=1S/C10H13N3O3/c1-13-9(10(15)16-2)7(6-12-13)4-3-5-8(11)14/h3-4,6H,5H2,1-2H3,(H2,11,14). The van der Waals surface area contributed by atoms with Crippen LogP contribution in [-0.2, 0) is 16.6 Å². The lowest BCUT2D eigenvalue weighted by atomic mass is 10.2. The van der Waals surface area contributed by atoms with Crippen LogP contribution in [0.15, 0.2) is 12.3 Å². The molecule has 0 aliphatic carbocycles. The third kappa shape index (κ3) is 2.69. The van der Waals surface area contributed by atoms with Gasteiger partial charge in [-0.1, -0.05) is 12.2 Å². The van der Waals surface area contributed by atoms with Gasteiger partial charge in [-0.05, 0) is 0 Å². The molecule has 0 aliphatic heterocycles. The van der Waals surface area contributed by atoms with E-state index >= 15 is 0 Å². The summed E-state index contributed by atoms with van der Waals surface area (Å²) in [4.78, 5) is 21.9. The molecule has 0 unspecified atom stereocenters. The van der Waals surface area contributed by atoms with Gasteiger partial charge in [0.2, 0.25) is 5.91 Å². The summed E-state index contributed by atoms with van der Waals surface area (Å²) in [7, 11) is 2.93. The molecule has 0 radical (unpaired) electrons. The zero-order valence-corrected chi connectivity index (χ0v) is 9.14. The number of carbonyl (C=O) groups is 2. The Hall–Kier alpha value is -2.11. The van der Waals surface area contributed by atoms with Crippen molar-refractivity contribution in [3.05, 3.63) is 23.5 Å². The number of rotatable bonds is 4. The predicted molar refractivity (Wildman–Crippen MR) is 57.4 cm³/mol. The monoisotopic (exact) mass is 223 g/mol. The Morgan fingerprint density at radius 2 is 2.31 bits per heavy atom. The van der Waals surface area contributed by atoms with Crippen molar-refractivity contribution >= 4 is 18.0 Å². The quantitative estimate of drug-likeness (QED) is 0.733. The first-order valence-electron chi connectivity index (χ1n) is 4.61. The molecule has 0 atom stereocenters. The predicted octanol–water partition coefficient (Wildman–Crippen LogP) is 0.0953. The van der Waals surface area contributed by atoms with Crippen LogP contribution in [0.25, 0.3) is 6.08 Å². The molecule has 1 aromatic rings. The highest BCUT2D eigenvalue weighted by atomic mass is 16.5. The minimum atomic E-state index is -0.473. The van der Waals surface area contributed by atoms with E-state index in [1.807, 2.05) is 0 Å². The normalized spacial score (nSPS) is 10.6. The van der Waals surface area contributed by atoms with Crippen LogP contribution in [0, 0.1) is 0 Å². The number of methoxy groups -OCH3 is 1. The van der Waals surface area contributed by atoms with Gasteiger partial charge >= 0.3 is 5.97 Å². The van der Waals surface area contributed by atoms with Crippen molar-refractivity contribution in [2.45, 2.75) is 6.42 Å². The van der Waals surface area contributed by atoms with Crippen molar-refractivity contribution in [3.8, 4) is 0 Å². The summed E-state index contributed by atoms with van der Waals surface area (Å²) in [6, 6.07) is 0. The summed E-state index contributed by atoms with van der Waals surface area (Å²) >= 11 is 0. The number of hydrogen-bond donors (Lipinski definition) is 1. The molecule has 6 nitrogen and oxygen atoms in total. The van der Waals surface area contributed by atoms with Gasteiger partial charge in [0, 0.05) is 19.0 Å². The van der Waals surface area contributed by atoms with Gasteiger partial charge in [-0.3, -0.25) is 9.48 Å². The molecule has 1 heterocycles. The third-order valence-electron chi connectivity index (χ3n) is 1.96. The summed E-state index contributed by atoms with van der Waals surface area (Å²) in [5.41, 5.74) is 5.91. The second kappa shape index (κ2) is 5.11. The maximum absolute atomic E-state index is 11.4. The molecule has 0 saturated carbocycles. The number of nitrogens with zero attached hydrogens (tertiary/aromatic N) is 2. The summed E-state index contributed by atoms with van der Waals surface area (Å²) < 4.78 is 6.03. The second-order valence-electron chi connectivity index (χ2n) is 3.14. The lowest BCUT2D eigenvalue weighted by molar-refractivity contribution is -0.117. The van der Waals surface area contributed by atoms with E-state index in [-0.39, 0.29) is 6.42 Å². The van der Waals surface area contributed by atoms with Gasteiger partial charge in [-0.25, -0.2) is 4.79 Å². The fourth-order valence-corrected chi connectivity index (χ4v) is 1.23. The van der Waals surface area contributed by atoms with Crippen molar-refractivity contribution in [3.63, 3.8) is 0 Å². The molecule has 0 aromatic carbocycles. The SMILES string of the molecule is COC(=O)c1c(C=CCC(N)=O)cnn1C. The van der Waals surface area contributed by atoms with Gasteiger partial charge < -0.3 is 10.5 Å². The largest absolute Gasteiger partial charge is 0.464 e. The van der Waals surface area contributed by atoms with Crippen molar-refractivity contribution < 1.29 is 14.3 Å². The number of hydrogen-bond acceptors (Lipinski definition) is 4. The zero-order valence-electron chi connectivity index (χ0n) is 9.14. The Labute approximate surface area is 92.7 Å². The maximum atomic E-state index is 11.4. The molecule has 0 saturated heterocycles. The summed E-state index contributed by atoms with van der Waals surface area (Å²) in [5, 5.41) is 3.93. The maximum Gasteiger partial charge on any atom is 0.356 e. The van der Waals surface area contributed by atoms with Gasteiger partial charge in [0.25, 0.3) is 0 Å². The first kappa shape index (κ1) is 12.0. The van der Waals surface area contributed by atoms with Gasteiger partial charge in [0.15, 0.2) is 5.69 Å². The van der Waals surface area contributed by atoms with E-state index in [1.54, 1.807) is 19.2 Å². The number of esters is 1. The Kier molecular flexibility index (Phi) is 3.82. The summed E-state index contributed by atoms with van der Waals surface area (Å²) in [6.07, 6.45) is 4.83. The summed E-state index contributed by atoms with van der Waals surface area (Å²) in [6.45, 7) is 0. The van der Waals surface area contributed by atoms with E-state index in [4.69, 9.17) is 5.73 Å². The third-order valence-corrected chi connectivity index (χ3v) is 1.96. The Bertz CT molecular complexity index is 435. The van der Waals surface area contributed by atoms with Crippen LogP contribution in [0.4, 0.5) is 0 Å². The number of aromatic nitrogens is 2. The van der Waals surface area contributed by atoms with Crippen LogP contribution < -0.4 is 5.73 Å².